The predicted molar refractivity (Wildman–Crippen MR) is 80.9 cm³/mol. The average molecular weight is 307 g/mol. The molecule has 1 saturated carbocycles. The van der Waals surface area contributed by atoms with Crippen LogP contribution in [0.5, 0.6) is 0 Å². The molecule has 112 valence electrons. The normalized spacial score (nSPS) is 14.6. The number of aromatic nitrogens is 3. The molecule has 0 aliphatic heterocycles. The summed E-state index contributed by atoms with van der Waals surface area (Å²) >= 11 is 1.62. The molecule has 0 bridgehead atoms. The number of ether oxygens (including phenoxy) is 1. The predicted octanol–water partition coefficient (Wildman–Crippen LogP) is 3.55. The van der Waals surface area contributed by atoms with E-state index in [1.165, 1.54) is 6.07 Å². The summed E-state index contributed by atoms with van der Waals surface area (Å²) in [6, 6.07) is 7.14. The zero-order chi connectivity index (χ0) is 14.7. The van der Waals surface area contributed by atoms with E-state index in [1.807, 2.05) is 13.0 Å². The first-order valence-corrected chi connectivity index (χ1v) is 8.20. The molecule has 1 aromatic heterocycles. The Bertz CT molecular complexity index is 613. The van der Waals surface area contributed by atoms with Crippen molar-refractivity contribution in [2.75, 3.05) is 19.0 Å². The van der Waals surface area contributed by atoms with Gasteiger partial charge in [0.25, 0.3) is 0 Å². The van der Waals surface area contributed by atoms with Gasteiger partial charge in [0.05, 0.1) is 12.2 Å². The molecule has 1 aromatic carbocycles. The van der Waals surface area contributed by atoms with Crippen LogP contribution < -0.4 is 0 Å². The maximum atomic E-state index is 14.0. The first kappa shape index (κ1) is 14.5. The van der Waals surface area contributed by atoms with E-state index >= 15 is 0 Å². The quantitative estimate of drug-likeness (QED) is 0.579. The van der Waals surface area contributed by atoms with Gasteiger partial charge in [-0.3, -0.25) is 4.57 Å². The van der Waals surface area contributed by atoms with Gasteiger partial charge in [0, 0.05) is 18.4 Å². The largest absolute Gasteiger partial charge is 0.381 e. The monoisotopic (exact) mass is 307 g/mol. The second-order valence-electron chi connectivity index (χ2n) is 4.93. The molecular formula is C15H18FN3OS. The molecule has 0 atom stereocenters. The number of hydrogen-bond acceptors (Lipinski definition) is 4. The van der Waals surface area contributed by atoms with E-state index < -0.39 is 0 Å². The number of thioether (sulfide) groups is 1. The summed E-state index contributed by atoms with van der Waals surface area (Å²) in [7, 11) is 0. The lowest BCUT2D eigenvalue weighted by Gasteiger charge is -2.09. The minimum Gasteiger partial charge on any atom is -0.381 e. The second-order valence-corrected chi connectivity index (χ2v) is 5.99. The first-order valence-electron chi connectivity index (χ1n) is 7.21. The van der Waals surface area contributed by atoms with Gasteiger partial charge in [-0.1, -0.05) is 23.9 Å². The molecule has 6 heteroatoms. The van der Waals surface area contributed by atoms with Gasteiger partial charge in [0.15, 0.2) is 11.0 Å². The van der Waals surface area contributed by atoms with Gasteiger partial charge in [-0.25, -0.2) is 4.39 Å². The van der Waals surface area contributed by atoms with Crippen LogP contribution in [0.25, 0.3) is 11.4 Å². The molecule has 2 aromatic rings. The molecule has 21 heavy (non-hydrogen) atoms. The van der Waals surface area contributed by atoms with Gasteiger partial charge in [-0.2, -0.15) is 0 Å². The number of halogens is 1. The van der Waals surface area contributed by atoms with Crippen molar-refractivity contribution in [1.82, 2.24) is 14.8 Å². The highest BCUT2D eigenvalue weighted by Crippen LogP contribution is 2.41. The van der Waals surface area contributed by atoms with Crippen molar-refractivity contribution in [3.8, 4) is 11.4 Å². The van der Waals surface area contributed by atoms with E-state index in [1.54, 1.807) is 23.9 Å². The Hall–Kier alpha value is -1.40. The van der Waals surface area contributed by atoms with E-state index in [0.29, 0.717) is 24.0 Å². The summed E-state index contributed by atoms with van der Waals surface area (Å²) < 4.78 is 21.4. The van der Waals surface area contributed by atoms with Gasteiger partial charge in [-0.15, -0.1) is 10.2 Å². The van der Waals surface area contributed by atoms with Crippen molar-refractivity contribution in [2.24, 2.45) is 0 Å². The zero-order valence-electron chi connectivity index (χ0n) is 12.0. The zero-order valence-corrected chi connectivity index (χ0v) is 12.8. The van der Waals surface area contributed by atoms with E-state index in [4.69, 9.17) is 4.74 Å². The molecule has 1 fully saturated rings. The third kappa shape index (κ3) is 3.27. The van der Waals surface area contributed by atoms with Crippen molar-refractivity contribution in [2.45, 2.75) is 31.0 Å². The summed E-state index contributed by atoms with van der Waals surface area (Å²) in [5.41, 5.74) is 0.522. The highest BCUT2D eigenvalue weighted by Gasteiger charge is 2.30. The first-order chi connectivity index (χ1) is 10.3. The lowest BCUT2D eigenvalue weighted by Crippen LogP contribution is -2.02. The highest BCUT2D eigenvalue weighted by molar-refractivity contribution is 7.99. The minimum absolute atomic E-state index is 0.252. The van der Waals surface area contributed by atoms with Crippen molar-refractivity contribution < 1.29 is 9.13 Å². The maximum Gasteiger partial charge on any atom is 0.191 e. The Kier molecular flexibility index (Phi) is 4.55. The lowest BCUT2D eigenvalue weighted by molar-refractivity contribution is 0.164. The van der Waals surface area contributed by atoms with E-state index in [9.17, 15) is 4.39 Å². The molecule has 4 nitrogen and oxygen atoms in total. The second kappa shape index (κ2) is 6.58. The van der Waals surface area contributed by atoms with Crippen molar-refractivity contribution >= 4 is 11.8 Å². The molecule has 0 amide bonds. The molecule has 0 radical (unpaired) electrons. The van der Waals surface area contributed by atoms with Crippen molar-refractivity contribution in [3.63, 3.8) is 0 Å². The number of nitrogens with zero attached hydrogens (tertiary/aromatic N) is 3. The van der Waals surface area contributed by atoms with Crippen LogP contribution in [0.15, 0.2) is 29.4 Å². The topological polar surface area (TPSA) is 39.9 Å². The third-order valence-electron chi connectivity index (χ3n) is 3.35. The van der Waals surface area contributed by atoms with Gasteiger partial charge in [0.1, 0.15) is 5.82 Å². The van der Waals surface area contributed by atoms with Crippen LogP contribution in [-0.2, 0) is 4.74 Å². The number of hydrogen-bond donors (Lipinski definition) is 0. The Balaban J connectivity index is 1.85. The van der Waals surface area contributed by atoms with Crippen LogP contribution >= 0.6 is 11.8 Å². The van der Waals surface area contributed by atoms with Gasteiger partial charge in [0.2, 0.25) is 0 Å². The fraction of sp³-hybridized carbons (Fsp3) is 0.467. The van der Waals surface area contributed by atoms with Crippen LogP contribution in [-0.4, -0.2) is 33.7 Å². The summed E-state index contributed by atoms with van der Waals surface area (Å²) in [6.07, 6.45) is 2.22. The summed E-state index contributed by atoms with van der Waals surface area (Å²) in [5.74, 6) is 1.21. The molecule has 0 saturated heterocycles. The van der Waals surface area contributed by atoms with E-state index in [2.05, 4.69) is 14.8 Å². The Labute approximate surface area is 127 Å². The lowest BCUT2D eigenvalue weighted by atomic mass is 10.2. The number of rotatable bonds is 7. The number of benzene rings is 1. The van der Waals surface area contributed by atoms with Crippen molar-refractivity contribution in [1.29, 1.82) is 0 Å². The molecule has 1 heterocycles. The maximum absolute atomic E-state index is 14.0. The van der Waals surface area contributed by atoms with Crippen LogP contribution in [0, 0.1) is 5.82 Å². The molecule has 0 N–H and O–H groups in total. The van der Waals surface area contributed by atoms with Crippen LogP contribution in [0.1, 0.15) is 25.8 Å². The smallest absolute Gasteiger partial charge is 0.191 e. The van der Waals surface area contributed by atoms with Gasteiger partial charge >= 0.3 is 0 Å². The molecule has 0 spiro atoms. The van der Waals surface area contributed by atoms with Gasteiger partial charge < -0.3 is 4.74 Å². The fourth-order valence-corrected chi connectivity index (χ4v) is 3.06. The molecule has 3 rings (SSSR count). The fourth-order valence-electron chi connectivity index (χ4n) is 2.20. The summed E-state index contributed by atoms with van der Waals surface area (Å²) in [5, 5.41) is 9.32. The van der Waals surface area contributed by atoms with Crippen LogP contribution in [0.2, 0.25) is 0 Å². The highest BCUT2D eigenvalue weighted by atomic mass is 32.2. The van der Waals surface area contributed by atoms with E-state index in [-0.39, 0.29) is 5.82 Å². The standard InChI is InChI=1S/C15H18FN3OS/c1-2-20-9-10-21-15-18-17-14(19(15)11-7-8-11)12-5-3-4-6-13(12)16/h3-6,11H,2,7-10H2,1H3. The molecule has 1 aliphatic rings. The van der Waals surface area contributed by atoms with E-state index in [0.717, 1.165) is 30.4 Å². The summed E-state index contributed by atoms with van der Waals surface area (Å²) in [6.45, 7) is 3.39. The van der Waals surface area contributed by atoms with Crippen molar-refractivity contribution in [3.05, 3.63) is 30.1 Å². The molecule has 0 unspecified atom stereocenters. The van der Waals surface area contributed by atoms with Gasteiger partial charge in [-0.05, 0) is 31.9 Å². The SMILES string of the molecule is CCOCCSc1nnc(-c2ccccc2F)n1C1CC1. The Morgan fingerprint density at radius 1 is 1.33 bits per heavy atom. The minimum atomic E-state index is -0.252. The molecule has 1 aliphatic carbocycles. The Morgan fingerprint density at radius 3 is 2.86 bits per heavy atom. The summed E-state index contributed by atoms with van der Waals surface area (Å²) in [4.78, 5) is 0. The van der Waals surface area contributed by atoms with Crippen LogP contribution in [0.4, 0.5) is 4.39 Å². The third-order valence-corrected chi connectivity index (χ3v) is 4.26. The average Bonchev–Trinajstić information content (AvgIpc) is 3.25. The molecular weight excluding hydrogens is 289 g/mol. The van der Waals surface area contributed by atoms with Crippen LogP contribution in [0.3, 0.4) is 0 Å². The Morgan fingerprint density at radius 2 is 2.14 bits per heavy atom.